The maximum absolute atomic E-state index is 12.3. The largest absolute Gasteiger partial charge is 0.354 e. The summed E-state index contributed by atoms with van der Waals surface area (Å²) < 4.78 is 0. The summed E-state index contributed by atoms with van der Waals surface area (Å²) in [7, 11) is 0. The molecule has 1 aromatic carbocycles. The molecule has 0 saturated carbocycles. The normalized spacial score (nSPS) is 12.1. The van der Waals surface area contributed by atoms with E-state index in [1.807, 2.05) is 13.8 Å². The number of amides is 2. The second-order valence-electron chi connectivity index (χ2n) is 5.89. The van der Waals surface area contributed by atoms with Gasteiger partial charge in [0.25, 0.3) is 0 Å². The van der Waals surface area contributed by atoms with Gasteiger partial charge in [-0.2, -0.15) is 0 Å². The minimum Gasteiger partial charge on any atom is -0.354 e. The third kappa shape index (κ3) is 5.70. The summed E-state index contributed by atoms with van der Waals surface area (Å²) in [5, 5.41) is 3.83. The number of hydrogen-bond acceptors (Lipinski definition) is 2. The average Bonchev–Trinajstić information content (AvgIpc) is 2.51. The Bertz CT molecular complexity index is 541. The molecule has 1 rings (SSSR count). The van der Waals surface area contributed by atoms with Gasteiger partial charge < -0.3 is 10.2 Å². The fourth-order valence-corrected chi connectivity index (χ4v) is 2.61. The van der Waals surface area contributed by atoms with Crippen LogP contribution >= 0.6 is 23.2 Å². The van der Waals surface area contributed by atoms with Crippen molar-refractivity contribution < 1.29 is 9.59 Å². The Labute approximate surface area is 148 Å². The van der Waals surface area contributed by atoms with Crippen molar-refractivity contribution in [3.05, 3.63) is 33.8 Å². The third-order valence-electron chi connectivity index (χ3n) is 3.54. The molecule has 0 heterocycles. The first-order chi connectivity index (χ1) is 10.8. The van der Waals surface area contributed by atoms with Crippen LogP contribution in [0.2, 0.25) is 10.0 Å². The van der Waals surface area contributed by atoms with Crippen LogP contribution in [0, 0.1) is 5.92 Å². The molecule has 4 nitrogen and oxygen atoms in total. The quantitative estimate of drug-likeness (QED) is 0.803. The number of benzene rings is 1. The molecule has 6 heteroatoms. The Balaban J connectivity index is 2.96. The predicted octanol–water partition coefficient (Wildman–Crippen LogP) is 3.89. The lowest BCUT2D eigenvalue weighted by Gasteiger charge is -2.29. The molecule has 1 aromatic rings. The SMILES string of the molecule is CCC(=O)N(Cc1c(Cl)cccc1Cl)C(C)C(=O)NCC(C)C. The van der Waals surface area contributed by atoms with Crippen molar-refractivity contribution in [1.29, 1.82) is 0 Å². The van der Waals surface area contributed by atoms with Gasteiger partial charge in [0.2, 0.25) is 11.8 Å². The first-order valence-electron chi connectivity index (χ1n) is 7.78. The van der Waals surface area contributed by atoms with Crippen LogP contribution in [0.15, 0.2) is 18.2 Å². The lowest BCUT2D eigenvalue weighted by molar-refractivity contribution is -0.140. The standard InChI is InChI=1S/C17H24Cl2N2O2/c1-5-16(22)21(12(4)17(23)20-9-11(2)3)10-13-14(18)7-6-8-15(13)19/h6-8,11-12H,5,9-10H2,1-4H3,(H,20,23). The van der Waals surface area contributed by atoms with Crippen LogP contribution in [0.1, 0.15) is 39.7 Å². The highest BCUT2D eigenvalue weighted by Gasteiger charge is 2.26. The number of rotatable bonds is 7. The molecule has 128 valence electrons. The van der Waals surface area contributed by atoms with Crippen molar-refractivity contribution in [3.8, 4) is 0 Å². The highest BCUT2D eigenvalue weighted by molar-refractivity contribution is 6.36. The molecular weight excluding hydrogens is 335 g/mol. The van der Waals surface area contributed by atoms with Crippen LogP contribution in [0.5, 0.6) is 0 Å². The zero-order valence-electron chi connectivity index (χ0n) is 14.0. The van der Waals surface area contributed by atoms with E-state index in [1.54, 1.807) is 32.0 Å². The molecule has 0 aromatic heterocycles. The van der Waals surface area contributed by atoms with Gasteiger partial charge in [0.05, 0.1) is 0 Å². The van der Waals surface area contributed by atoms with E-state index in [1.165, 1.54) is 4.90 Å². The monoisotopic (exact) mass is 358 g/mol. The number of hydrogen-bond donors (Lipinski definition) is 1. The molecule has 0 aliphatic heterocycles. The molecule has 0 aliphatic carbocycles. The Morgan fingerprint density at radius 3 is 2.22 bits per heavy atom. The van der Waals surface area contributed by atoms with Crippen LogP contribution < -0.4 is 5.32 Å². The fraction of sp³-hybridized carbons (Fsp3) is 0.529. The minimum absolute atomic E-state index is 0.117. The average molecular weight is 359 g/mol. The summed E-state index contributed by atoms with van der Waals surface area (Å²) in [6, 6.07) is 4.61. The van der Waals surface area contributed by atoms with E-state index in [0.717, 1.165) is 0 Å². The van der Waals surface area contributed by atoms with E-state index in [0.29, 0.717) is 34.5 Å². The summed E-state index contributed by atoms with van der Waals surface area (Å²) in [6.07, 6.45) is 0.309. The minimum atomic E-state index is -0.589. The number of carbonyl (C=O) groups excluding carboxylic acids is 2. The van der Waals surface area contributed by atoms with Gasteiger partial charge in [0.1, 0.15) is 6.04 Å². The van der Waals surface area contributed by atoms with E-state index in [-0.39, 0.29) is 18.4 Å². The molecule has 1 N–H and O–H groups in total. The molecule has 0 radical (unpaired) electrons. The van der Waals surface area contributed by atoms with E-state index < -0.39 is 6.04 Å². The Hall–Kier alpha value is -1.26. The lowest BCUT2D eigenvalue weighted by atomic mass is 10.1. The van der Waals surface area contributed by atoms with E-state index in [9.17, 15) is 9.59 Å². The van der Waals surface area contributed by atoms with Crippen molar-refractivity contribution in [2.45, 2.75) is 46.7 Å². The van der Waals surface area contributed by atoms with Crippen molar-refractivity contribution in [2.75, 3.05) is 6.54 Å². The van der Waals surface area contributed by atoms with Gasteiger partial charge >= 0.3 is 0 Å². The van der Waals surface area contributed by atoms with Crippen LogP contribution in [0.25, 0.3) is 0 Å². The van der Waals surface area contributed by atoms with E-state index >= 15 is 0 Å². The van der Waals surface area contributed by atoms with E-state index in [2.05, 4.69) is 5.32 Å². The summed E-state index contributed by atoms with van der Waals surface area (Å²) >= 11 is 12.4. The van der Waals surface area contributed by atoms with Gasteiger partial charge in [0.15, 0.2) is 0 Å². The van der Waals surface area contributed by atoms with Crippen LogP contribution in [-0.4, -0.2) is 29.3 Å². The van der Waals surface area contributed by atoms with Crippen molar-refractivity contribution in [2.24, 2.45) is 5.92 Å². The second kappa shape index (κ2) is 9.14. The fourth-order valence-electron chi connectivity index (χ4n) is 2.09. The first-order valence-corrected chi connectivity index (χ1v) is 8.53. The first kappa shape index (κ1) is 19.8. The summed E-state index contributed by atoms with van der Waals surface area (Å²) in [5.74, 6) is 0.0522. The number of carbonyl (C=O) groups is 2. The third-order valence-corrected chi connectivity index (χ3v) is 4.25. The zero-order valence-corrected chi connectivity index (χ0v) is 15.5. The Morgan fingerprint density at radius 2 is 1.74 bits per heavy atom. The molecule has 1 atom stereocenters. The van der Waals surface area contributed by atoms with Gasteiger partial charge in [-0.15, -0.1) is 0 Å². The molecule has 0 bridgehead atoms. The van der Waals surface area contributed by atoms with Crippen LogP contribution in [-0.2, 0) is 16.1 Å². The second-order valence-corrected chi connectivity index (χ2v) is 6.70. The maximum Gasteiger partial charge on any atom is 0.242 e. The summed E-state index contributed by atoms with van der Waals surface area (Å²) in [5.41, 5.74) is 0.654. The van der Waals surface area contributed by atoms with E-state index in [4.69, 9.17) is 23.2 Å². The number of nitrogens with zero attached hydrogens (tertiary/aromatic N) is 1. The molecule has 0 aliphatic rings. The Kier molecular flexibility index (Phi) is 7.86. The van der Waals surface area contributed by atoms with Crippen molar-refractivity contribution in [3.63, 3.8) is 0 Å². The van der Waals surface area contributed by atoms with Crippen LogP contribution in [0.4, 0.5) is 0 Å². The molecular formula is C17H24Cl2N2O2. The Morgan fingerprint density at radius 1 is 1.17 bits per heavy atom. The van der Waals surface area contributed by atoms with Gasteiger partial charge in [-0.3, -0.25) is 9.59 Å². The van der Waals surface area contributed by atoms with Gasteiger partial charge in [-0.1, -0.05) is 50.0 Å². The van der Waals surface area contributed by atoms with Gasteiger partial charge in [-0.05, 0) is 25.0 Å². The topological polar surface area (TPSA) is 49.4 Å². The number of nitrogens with one attached hydrogen (secondary N) is 1. The lowest BCUT2D eigenvalue weighted by Crippen LogP contribution is -2.48. The van der Waals surface area contributed by atoms with Crippen LogP contribution in [0.3, 0.4) is 0 Å². The highest BCUT2D eigenvalue weighted by Crippen LogP contribution is 2.26. The molecule has 23 heavy (non-hydrogen) atoms. The highest BCUT2D eigenvalue weighted by atomic mass is 35.5. The molecule has 0 saturated heterocycles. The predicted molar refractivity (Wildman–Crippen MR) is 94.6 cm³/mol. The van der Waals surface area contributed by atoms with Gasteiger partial charge in [-0.25, -0.2) is 0 Å². The van der Waals surface area contributed by atoms with Crippen molar-refractivity contribution >= 4 is 35.0 Å². The van der Waals surface area contributed by atoms with Crippen molar-refractivity contribution in [1.82, 2.24) is 10.2 Å². The summed E-state index contributed by atoms with van der Waals surface area (Å²) in [6.45, 7) is 8.30. The molecule has 0 spiro atoms. The molecule has 1 unspecified atom stereocenters. The summed E-state index contributed by atoms with van der Waals surface area (Å²) in [4.78, 5) is 26.1. The number of halogens is 2. The van der Waals surface area contributed by atoms with Gasteiger partial charge in [0, 0.05) is 35.1 Å². The molecule has 0 fully saturated rings. The maximum atomic E-state index is 12.3. The molecule has 2 amide bonds. The zero-order chi connectivity index (χ0) is 17.6. The smallest absolute Gasteiger partial charge is 0.242 e.